The Kier molecular flexibility index (Phi) is 4.69. The highest BCUT2D eigenvalue weighted by Crippen LogP contribution is 2.19. The molecule has 118 valence electrons. The molecule has 1 aliphatic rings. The number of nitrogens with one attached hydrogen (secondary N) is 1. The molecular formula is C12H18N2O5S2. The molecule has 1 saturated heterocycles. The van der Waals surface area contributed by atoms with E-state index in [0.717, 1.165) is 18.9 Å². The van der Waals surface area contributed by atoms with Crippen molar-refractivity contribution in [3.05, 3.63) is 24.3 Å². The standard InChI is InChI=1S/C12H18N2O5S2/c1-9(12-6-3-7-19-12)14-21(17,18)11-5-2-4-10(8-11)20(13,15)16/h2,4-5,8-9,12,14H,3,6-7H2,1H3,(H2,13,15,16). The smallest absolute Gasteiger partial charge is 0.240 e. The van der Waals surface area contributed by atoms with Gasteiger partial charge < -0.3 is 4.74 Å². The lowest BCUT2D eigenvalue weighted by atomic mass is 10.1. The average molecular weight is 334 g/mol. The van der Waals surface area contributed by atoms with Crippen LogP contribution in [0.5, 0.6) is 0 Å². The minimum absolute atomic E-state index is 0.140. The van der Waals surface area contributed by atoms with Crippen molar-refractivity contribution < 1.29 is 21.6 Å². The topological polar surface area (TPSA) is 116 Å². The van der Waals surface area contributed by atoms with E-state index in [4.69, 9.17) is 9.88 Å². The Bertz CT molecular complexity index is 709. The van der Waals surface area contributed by atoms with E-state index in [1.165, 1.54) is 18.2 Å². The molecule has 0 radical (unpaired) electrons. The van der Waals surface area contributed by atoms with Gasteiger partial charge in [0.05, 0.1) is 15.9 Å². The fourth-order valence-corrected chi connectivity index (χ4v) is 4.16. The highest BCUT2D eigenvalue weighted by Gasteiger charge is 2.27. The van der Waals surface area contributed by atoms with E-state index in [1.54, 1.807) is 6.92 Å². The Morgan fingerprint density at radius 3 is 2.52 bits per heavy atom. The molecule has 0 aromatic heterocycles. The first-order valence-corrected chi connectivity index (χ1v) is 9.50. The summed E-state index contributed by atoms with van der Waals surface area (Å²) < 4.78 is 55.1. The third-order valence-corrected chi connectivity index (χ3v) is 5.78. The second-order valence-electron chi connectivity index (χ2n) is 4.98. The maximum atomic E-state index is 12.3. The van der Waals surface area contributed by atoms with E-state index in [1.807, 2.05) is 0 Å². The molecule has 3 N–H and O–H groups in total. The summed E-state index contributed by atoms with van der Waals surface area (Å²) in [6.45, 7) is 2.34. The van der Waals surface area contributed by atoms with Gasteiger partial charge in [0.2, 0.25) is 20.0 Å². The Labute approximate surface area is 124 Å². The predicted molar refractivity (Wildman–Crippen MR) is 76.6 cm³/mol. The monoisotopic (exact) mass is 334 g/mol. The molecule has 2 atom stereocenters. The van der Waals surface area contributed by atoms with Crippen molar-refractivity contribution in [3.8, 4) is 0 Å². The van der Waals surface area contributed by atoms with Crippen LogP contribution in [0.25, 0.3) is 0 Å². The van der Waals surface area contributed by atoms with E-state index in [2.05, 4.69) is 4.72 Å². The van der Waals surface area contributed by atoms with Gasteiger partial charge >= 0.3 is 0 Å². The van der Waals surface area contributed by atoms with Crippen molar-refractivity contribution in [1.82, 2.24) is 4.72 Å². The molecule has 1 aliphatic heterocycles. The van der Waals surface area contributed by atoms with Crippen LogP contribution in [0.2, 0.25) is 0 Å². The normalized spacial score (nSPS) is 21.3. The van der Waals surface area contributed by atoms with Gasteiger partial charge in [-0.05, 0) is 38.0 Å². The third-order valence-electron chi connectivity index (χ3n) is 3.31. The number of ether oxygens (including phenoxy) is 1. The number of primary sulfonamides is 1. The van der Waals surface area contributed by atoms with Crippen LogP contribution in [-0.2, 0) is 24.8 Å². The molecule has 7 nitrogen and oxygen atoms in total. The lowest BCUT2D eigenvalue weighted by Gasteiger charge is -2.20. The summed E-state index contributed by atoms with van der Waals surface area (Å²) in [7, 11) is -7.78. The van der Waals surface area contributed by atoms with Gasteiger partial charge in [-0.2, -0.15) is 0 Å². The van der Waals surface area contributed by atoms with Crippen LogP contribution in [0.4, 0.5) is 0 Å². The number of hydrogen-bond acceptors (Lipinski definition) is 5. The van der Waals surface area contributed by atoms with Gasteiger partial charge in [0.25, 0.3) is 0 Å². The highest BCUT2D eigenvalue weighted by atomic mass is 32.2. The zero-order valence-electron chi connectivity index (χ0n) is 11.5. The molecule has 2 unspecified atom stereocenters. The minimum Gasteiger partial charge on any atom is -0.377 e. The van der Waals surface area contributed by atoms with Crippen molar-refractivity contribution in [2.75, 3.05) is 6.61 Å². The number of rotatable bonds is 5. The lowest BCUT2D eigenvalue weighted by Crippen LogP contribution is -2.40. The van der Waals surface area contributed by atoms with Crippen molar-refractivity contribution in [2.45, 2.75) is 41.7 Å². The first-order chi connectivity index (χ1) is 9.70. The Morgan fingerprint density at radius 2 is 1.95 bits per heavy atom. The molecule has 9 heteroatoms. The van der Waals surface area contributed by atoms with Gasteiger partial charge in [0.1, 0.15) is 0 Å². The zero-order valence-corrected chi connectivity index (χ0v) is 13.2. The van der Waals surface area contributed by atoms with Gasteiger partial charge in [0.15, 0.2) is 0 Å². The Balaban J connectivity index is 2.23. The molecule has 0 bridgehead atoms. The van der Waals surface area contributed by atoms with Crippen molar-refractivity contribution >= 4 is 20.0 Å². The van der Waals surface area contributed by atoms with Crippen LogP contribution >= 0.6 is 0 Å². The molecule has 1 heterocycles. The van der Waals surface area contributed by atoms with Crippen LogP contribution in [0.1, 0.15) is 19.8 Å². The fraction of sp³-hybridized carbons (Fsp3) is 0.500. The van der Waals surface area contributed by atoms with Crippen molar-refractivity contribution in [2.24, 2.45) is 5.14 Å². The second-order valence-corrected chi connectivity index (χ2v) is 8.26. The maximum absolute atomic E-state index is 12.3. The zero-order chi connectivity index (χ0) is 15.7. The van der Waals surface area contributed by atoms with Gasteiger partial charge in [-0.15, -0.1) is 0 Å². The van der Waals surface area contributed by atoms with Crippen LogP contribution in [0.3, 0.4) is 0 Å². The average Bonchev–Trinajstić information content (AvgIpc) is 2.91. The van der Waals surface area contributed by atoms with E-state index in [9.17, 15) is 16.8 Å². The Hall–Kier alpha value is -1.00. The lowest BCUT2D eigenvalue weighted by molar-refractivity contribution is 0.0902. The van der Waals surface area contributed by atoms with Crippen molar-refractivity contribution in [1.29, 1.82) is 0 Å². The molecule has 1 aromatic carbocycles. The molecule has 2 rings (SSSR count). The summed E-state index contributed by atoms with van der Waals surface area (Å²) in [5.41, 5.74) is 0. The van der Waals surface area contributed by atoms with E-state index in [0.29, 0.717) is 6.61 Å². The number of benzene rings is 1. The summed E-state index contributed by atoms with van der Waals surface area (Å²) in [4.78, 5) is -0.381. The molecule has 0 aliphatic carbocycles. The van der Waals surface area contributed by atoms with E-state index >= 15 is 0 Å². The Morgan fingerprint density at radius 1 is 1.29 bits per heavy atom. The second kappa shape index (κ2) is 6.01. The summed E-state index contributed by atoms with van der Waals surface area (Å²) in [6, 6.07) is 4.55. The van der Waals surface area contributed by atoms with Gasteiger partial charge in [-0.25, -0.2) is 26.7 Å². The molecule has 1 aromatic rings. The minimum atomic E-state index is -3.95. The number of hydrogen-bond donors (Lipinski definition) is 2. The van der Waals surface area contributed by atoms with Gasteiger partial charge in [0, 0.05) is 12.6 Å². The SMILES string of the molecule is CC(NS(=O)(=O)c1cccc(S(N)(=O)=O)c1)C1CCCO1. The molecule has 21 heavy (non-hydrogen) atoms. The van der Waals surface area contributed by atoms with Gasteiger partial charge in [-0.1, -0.05) is 6.07 Å². The maximum Gasteiger partial charge on any atom is 0.240 e. The van der Waals surface area contributed by atoms with E-state index < -0.39 is 26.1 Å². The summed E-state index contributed by atoms with van der Waals surface area (Å²) in [6.07, 6.45) is 1.53. The largest absolute Gasteiger partial charge is 0.377 e. The van der Waals surface area contributed by atoms with Crippen LogP contribution in [0, 0.1) is 0 Å². The van der Waals surface area contributed by atoms with Crippen LogP contribution in [0.15, 0.2) is 34.1 Å². The molecule has 0 saturated carbocycles. The molecule has 0 amide bonds. The summed E-state index contributed by atoms with van der Waals surface area (Å²) >= 11 is 0. The molecular weight excluding hydrogens is 316 g/mol. The number of sulfonamides is 2. The quantitative estimate of drug-likeness (QED) is 0.797. The van der Waals surface area contributed by atoms with Crippen LogP contribution < -0.4 is 9.86 Å². The highest BCUT2D eigenvalue weighted by molar-refractivity contribution is 7.90. The molecule has 1 fully saturated rings. The predicted octanol–water partition coefficient (Wildman–Crippen LogP) is 0.180. The van der Waals surface area contributed by atoms with E-state index in [-0.39, 0.29) is 15.9 Å². The fourth-order valence-electron chi connectivity index (χ4n) is 2.20. The van der Waals surface area contributed by atoms with Crippen molar-refractivity contribution in [3.63, 3.8) is 0 Å². The first kappa shape index (κ1) is 16.4. The summed E-state index contributed by atoms with van der Waals surface area (Å²) in [5.74, 6) is 0. The first-order valence-electron chi connectivity index (χ1n) is 6.47. The number of nitrogens with two attached hydrogens (primary N) is 1. The molecule has 0 spiro atoms. The van der Waals surface area contributed by atoms with Gasteiger partial charge in [-0.3, -0.25) is 0 Å². The van der Waals surface area contributed by atoms with Crippen LogP contribution in [-0.4, -0.2) is 35.6 Å². The summed E-state index contributed by atoms with van der Waals surface area (Å²) in [5, 5.41) is 5.01. The third kappa shape index (κ3) is 4.01.